The van der Waals surface area contributed by atoms with E-state index in [0.717, 1.165) is 5.56 Å². The van der Waals surface area contributed by atoms with Gasteiger partial charge in [0.15, 0.2) is 11.5 Å². The maximum absolute atomic E-state index is 12.3. The zero-order valence-electron chi connectivity index (χ0n) is 11.9. The average Bonchev–Trinajstić information content (AvgIpc) is 2.96. The normalized spacial score (nSPS) is 12.0. The fraction of sp³-hybridized carbons (Fsp3) is 0.125. The fourth-order valence-electron chi connectivity index (χ4n) is 2.14. The van der Waals surface area contributed by atoms with Crippen LogP contribution in [0.15, 0.2) is 36.4 Å². The minimum atomic E-state index is -0.543. The molecule has 1 heterocycles. The van der Waals surface area contributed by atoms with Crippen LogP contribution >= 0.6 is 0 Å². The number of benzene rings is 2. The van der Waals surface area contributed by atoms with Gasteiger partial charge in [-0.2, -0.15) is 0 Å². The second-order valence-electron chi connectivity index (χ2n) is 4.92. The van der Waals surface area contributed by atoms with Gasteiger partial charge in [-0.15, -0.1) is 0 Å². The van der Waals surface area contributed by atoms with Crippen LogP contribution in [-0.4, -0.2) is 18.6 Å². The highest BCUT2D eigenvalue weighted by Gasteiger charge is 2.17. The number of aryl methyl sites for hydroxylation is 1. The Labute approximate surface area is 126 Å². The lowest BCUT2D eigenvalue weighted by Gasteiger charge is -2.10. The van der Waals surface area contributed by atoms with Crippen LogP contribution in [0.3, 0.4) is 0 Å². The highest BCUT2D eigenvalue weighted by atomic mass is 16.7. The molecule has 0 radical (unpaired) electrons. The molecule has 22 heavy (non-hydrogen) atoms. The van der Waals surface area contributed by atoms with Gasteiger partial charge in [0.05, 0.1) is 0 Å². The SMILES string of the molecule is Cc1ccc(C(N)=O)cc1NC(=O)c1ccc2c(c1)OCO2. The minimum Gasteiger partial charge on any atom is -0.454 e. The molecule has 1 aliphatic heterocycles. The Morgan fingerprint density at radius 2 is 1.77 bits per heavy atom. The van der Waals surface area contributed by atoms with Crippen LogP contribution in [0.1, 0.15) is 26.3 Å². The van der Waals surface area contributed by atoms with Crippen molar-refractivity contribution in [3.8, 4) is 11.5 Å². The molecule has 112 valence electrons. The summed E-state index contributed by atoms with van der Waals surface area (Å²) in [6.07, 6.45) is 0. The third kappa shape index (κ3) is 2.58. The largest absolute Gasteiger partial charge is 0.454 e. The van der Waals surface area contributed by atoms with Gasteiger partial charge >= 0.3 is 0 Å². The number of hydrogen-bond acceptors (Lipinski definition) is 4. The van der Waals surface area contributed by atoms with Crippen LogP contribution in [0, 0.1) is 6.92 Å². The third-order valence-electron chi connectivity index (χ3n) is 3.41. The number of fused-ring (bicyclic) bond motifs is 1. The number of amides is 2. The van der Waals surface area contributed by atoms with Crippen molar-refractivity contribution >= 4 is 17.5 Å². The van der Waals surface area contributed by atoms with Gasteiger partial charge in [0.25, 0.3) is 5.91 Å². The van der Waals surface area contributed by atoms with E-state index in [1.54, 1.807) is 36.4 Å². The minimum absolute atomic E-state index is 0.153. The van der Waals surface area contributed by atoms with E-state index in [2.05, 4.69) is 5.32 Å². The number of ether oxygens (including phenoxy) is 2. The molecular weight excluding hydrogens is 284 g/mol. The maximum Gasteiger partial charge on any atom is 0.255 e. The van der Waals surface area contributed by atoms with Gasteiger partial charge in [0.2, 0.25) is 12.7 Å². The van der Waals surface area contributed by atoms with Crippen molar-refractivity contribution < 1.29 is 19.1 Å². The van der Waals surface area contributed by atoms with E-state index in [1.807, 2.05) is 6.92 Å². The number of nitrogens with one attached hydrogen (secondary N) is 1. The van der Waals surface area contributed by atoms with E-state index < -0.39 is 5.91 Å². The van der Waals surface area contributed by atoms with Gasteiger partial charge in [-0.1, -0.05) is 6.07 Å². The number of rotatable bonds is 3. The summed E-state index contributed by atoms with van der Waals surface area (Å²) in [5.74, 6) is 0.306. The molecule has 0 saturated carbocycles. The van der Waals surface area contributed by atoms with Crippen LogP contribution in [0.25, 0.3) is 0 Å². The molecule has 0 bridgehead atoms. The van der Waals surface area contributed by atoms with E-state index in [0.29, 0.717) is 28.3 Å². The molecule has 0 aromatic heterocycles. The molecule has 2 aromatic rings. The molecule has 3 rings (SSSR count). The van der Waals surface area contributed by atoms with E-state index >= 15 is 0 Å². The first kappa shape index (κ1) is 13.9. The van der Waals surface area contributed by atoms with Gasteiger partial charge in [-0.05, 0) is 42.8 Å². The second-order valence-corrected chi connectivity index (χ2v) is 4.92. The van der Waals surface area contributed by atoms with Crippen molar-refractivity contribution in [1.82, 2.24) is 0 Å². The van der Waals surface area contributed by atoms with Gasteiger partial charge in [-0.3, -0.25) is 9.59 Å². The number of carbonyl (C=O) groups is 2. The summed E-state index contributed by atoms with van der Waals surface area (Å²) in [5, 5.41) is 2.77. The molecule has 0 saturated heterocycles. The molecule has 3 N–H and O–H groups in total. The lowest BCUT2D eigenvalue weighted by molar-refractivity contribution is 0.0996. The summed E-state index contributed by atoms with van der Waals surface area (Å²) < 4.78 is 10.5. The summed E-state index contributed by atoms with van der Waals surface area (Å²) in [4.78, 5) is 23.6. The topological polar surface area (TPSA) is 90.7 Å². The lowest BCUT2D eigenvalue weighted by Crippen LogP contribution is -2.15. The predicted octanol–water partition coefficient (Wildman–Crippen LogP) is 2.07. The Balaban J connectivity index is 1.85. The van der Waals surface area contributed by atoms with Crippen LogP contribution in [-0.2, 0) is 0 Å². The highest BCUT2D eigenvalue weighted by Crippen LogP contribution is 2.32. The number of carbonyl (C=O) groups excluding carboxylic acids is 2. The first-order chi connectivity index (χ1) is 10.5. The van der Waals surface area contributed by atoms with Gasteiger partial charge in [-0.25, -0.2) is 0 Å². The first-order valence-corrected chi connectivity index (χ1v) is 6.66. The van der Waals surface area contributed by atoms with Crippen molar-refractivity contribution in [2.45, 2.75) is 6.92 Å². The molecular formula is C16H14N2O4. The van der Waals surface area contributed by atoms with E-state index in [1.165, 1.54) is 0 Å². The molecule has 1 aliphatic rings. The van der Waals surface area contributed by atoms with Crippen LogP contribution < -0.4 is 20.5 Å². The molecule has 0 fully saturated rings. The Hall–Kier alpha value is -3.02. The van der Waals surface area contributed by atoms with Crippen LogP contribution in [0.5, 0.6) is 11.5 Å². The molecule has 6 nitrogen and oxygen atoms in total. The zero-order chi connectivity index (χ0) is 15.7. The van der Waals surface area contributed by atoms with Crippen molar-refractivity contribution in [3.05, 3.63) is 53.1 Å². The predicted molar refractivity (Wildman–Crippen MR) is 80.2 cm³/mol. The van der Waals surface area contributed by atoms with Crippen LogP contribution in [0.2, 0.25) is 0 Å². The fourth-order valence-corrected chi connectivity index (χ4v) is 2.14. The van der Waals surface area contributed by atoms with Crippen molar-refractivity contribution in [2.24, 2.45) is 5.73 Å². The highest BCUT2D eigenvalue weighted by molar-refractivity contribution is 6.05. The quantitative estimate of drug-likeness (QED) is 0.907. The first-order valence-electron chi connectivity index (χ1n) is 6.66. The smallest absolute Gasteiger partial charge is 0.255 e. The van der Waals surface area contributed by atoms with Crippen LogP contribution in [0.4, 0.5) is 5.69 Å². The Morgan fingerprint density at radius 3 is 2.55 bits per heavy atom. The monoisotopic (exact) mass is 298 g/mol. The summed E-state index contributed by atoms with van der Waals surface area (Å²) in [7, 11) is 0. The van der Waals surface area contributed by atoms with Crippen molar-refractivity contribution in [1.29, 1.82) is 0 Å². The van der Waals surface area contributed by atoms with E-state index in [4.69, 9.17) is 15.2 Å². The summed E-state index contributed by atoms with van der Waals surface area (Å²) >= 11 is 0. The third-order valence-corrected chi connectivity index (χ3v) is 3.41. The number of anilines is 1. The van der Waals surface area contributed by atoms with Crippen molar-refractivity contribution in [2.75, 3.05) is 12.1 Å². The Morgan fingerprint density at radius 1 is 1.05 bits per heavy atom. The molecule has 0 aliphatic carbocycles. The number of primary amides is 1. The molecule has 0 spiro atoms. The average molecular weight is 298 g/mol. The molecule has 6 heteroatoms. The maximum atomic E-state index is 12.3. The lowest BCUT2D eigenvalue weighted by atomic mass is 10.1. The number of nitrogens with two attached hydrogens (primary N) is 1. The summed E-state index contributed by atoms with van der Waals surface area (Å²) in [6, 6.07) is 9.86. The Bertz CT molecular complexity index is 771. The second kappa shape index (κ2) is 5.40. The molecule has 0 atom stereocenters. The molecule has 2 aromatic carbocycles. The standard InChI is InChI=1S/C16H14N2O4/c1-9-2-3-10(15(17)19)6-12(9)18-16(20)11-4-5-13-14(7-11)22-8-21-13/h2-7H,8H2,1H3,(H2,17,19)(H,18,20). The zero-order valence-corrected chi connectivity index (χ0v) is 11.9. The Kier molecular flexibility index (Phi) is 3.42. The van der Waals surface area contributed by atoms with Gasteiger partial charge in [0.1, 0.15) is 0 Å². The van der Waals surface area contributed by atoms with Crippen molar-refractivity contribution in [3.63, 3.8) is 0 Å². The summed E-state index contributed by atoms with van der Waals surface area (Å²) in [6.45, 7) is 1.99. The van der Waals surface area contributed by atoms with Gasteiger partial charge in [0, 0.05) is 16.8 Å². The molecule has 2 amide bonds. The summed E-state index contributed by atoms with van der Waals surface area (Å²) in [5.41, 5.74) is 7.40. The molecule has 0 unspecified atom stereocenters. The number of hydrogen-bond donors (Lipinski definition) is 2. The van der Waals surface area contributed by atoms with E-state index in [-0.39, 0.29) is 12.7 Å². The van der Waals surface area contributed by atoms with Gasteiger partial charge < -0.3 is 20.5 Å². The van der Waals surface area contributed by atoms with E-state index in [9.17, 15) is 9.59 Å².